The zero-order chi connectivity index (χ0) is 6.69. The molecule has 0 unspecified atom stereocenters. The Morgan fingerprint density at radius 1 is 1.89 bits per heavy atom. The van der Waals surface area contributed by atoms with E-state index in [1.807, 2.05) is 17.8 Å². The molecule has 0 saturated carbocycles. The summed E-state index contributed by atoms with van der Waals surface area (Å²) in [6.07, 6.45) is 3.53. The van der Waals surface area contributed by atoms with E-state index >= 15 is 0 Å². The molecule has 0 bridgehead atoms. The van der Waals surface area contributed by atoms with E-state index in [4.69, 9.17) is 6.57 Å². The maximum absolute atomic E-state index is 6.55. The fraction of sp³-hybridized carbons (Fsp3) is 0.333. The molecule has 3 heteroatoms. The smallest absolute Gasteiger partial charge is 0.271 e. The Hall–Kier alpha value is -1.30. The van der Waals surface area contributed by atoms with Gasteiger partial charge in [0.05, 0.1) is 0 Å². The van der Waals surface area contributed by atoms with Crippen molar-refractivity contribution in [1.29, 1.82) is 0 Å². The number of aromatic nitrogens is 2. The van der Waals surface area contributed by atoms with Gasteiger partial charge in [0.25, 0.3) is 6.54 Å². The van der Waals surface area contributed by atoms with Crippen molar-refractivity contribution in [3.63, 3.8) is 0 Å². The zero-order valence-corrected chi connectivity index (χ0v) is 5.20. The maximum Gasteiger partial charge on any atom is 0.271 e. The molecule has 0 saturated heterocycles. The van der Waals surface area contributed by atoms with Crippen LogP contribution in [-0.2, 0) is 13.6 Å². The summed E-state index contributed by atoms with van der Waals surface area (Å²) in [6, 6.07) is 0. The third-order valence-corrected chi connectivity index (χ3v) is 1.14. The van der Waals surface area contributed by atoms with Gasteiger partial charge in [-0.05, 0) is 0 Å². The van der Waals surface area contributed by atoms with Crippen LogP contribution in [-0.4, -0.2) is 9.55 Å². The van der Waals surface area contributed by atoms with Gasteiger partial charge in [0.2, 0.25) is 0 Å². The lowest BCUT2D eigenvalue weighted by Gasteiger charge is -1.89. The van der Waals surface area contributed by atoms with Crippen molar-refractivity contribution in [2.45, 2.75) is 6.54 Å². The molecule has 1 aromatic rings. The Morgan fingerprint density at radius 2 is 2.67 bits per heavy atom. The average Bonchev–Trinajstić information content (AvgIpc) is 2.18. The second-order valence-corrected chi connectivity index (χ2v) is 1.77. The van der Waals surface area contributed by atoms with Crippen LogP contribution in [0.2, 0.25) is 0 Å². The molecule has 0 radical (unpaired) electrons. The van der Waals surface area contributed by atoms with E-state index in [2.05, 4.69) is 9.83 Å². The van der Waals surface area contributed by atoms with Gasteiger partial charge in [0.15, 0.2) is 5.82 Å². The number of nitrogens with zero attached hydrogens (tertiary/aromatic N) is 3. The highest BCUT2D eigenvalue weighted by atomic mass is 15.0. The molecule has 0 aliphatic rings. The summed E-state index contributed by atoms with van der Waals surface area (Å²) in [6.45, 7) is 6.93. The lowest BCUT2D eigenvalue weighted by Crippen LogP contribution is -1.93. The van der Waals surface area contributed by atoms with E-state index in [9.17, 15) is 0 Å². The molecule has 0 aliphatic carbocycles. The third-order valence-electron chi connectivity index (χ3n) is 1.14. The van der Waals surface area contributed by atoms with Gasteiger partial charge < -0.3 is 9.41 Å². The SMILES string of the molecule is [C-]#[N+]Cc1nccn1C. The van der Waals surface area contributed by atoms with Crippen LogP contribution in [0.15, 0.2) is 12.4 Å². The monoisotopic (exact) mass is 121 g/mol. The van der Waals surface area contributed by atoms with Crippen LogP contribution in [0.5, 0.6) is 0 Å². The molecular formula is C6H7N3. The van der Waals surface area contributed by atoms with Crippen molar-refractivity contribution < 1.29 is 0 Å². The largest absolute Gasteiger partial charge is 0.332 e. The lowest BCUT2D eigenvalue weighted by atomic mass is 10.6. The second kappa shape index (κ2) is 2.31. The highest BCUT2D eigenvalue weighted by Crippen LogP contribution is 1.94. The van der Waals surface area contributed by atoms with Gasteiger partial charge in [-0.1, -0.05) is 0 Å². The molecule has 0 fully saturated rings. The van der Waals surface area contributed by atoms with Gasteiger partial charge in [-0.15, -0.1) is 0 Å². The van der Waals surface area contributed by atoms with Gasteiger partial charge in [0, 0.05) is 19.4 Å². The molecule has 1 rings (SSSR count). The quantitative estimate of drug-likeness (QED) is 0.505. The van der Waals surface area contributed by atoms with Crippen LogP contribution >= 0.6 is 0 Å². The number of aryl methyl sites for hydroxylation is 1. The molecule has 0 spiro atoms. The molecule has 9 heavy (non-hydrogen) atoms. The van der Waals surface area contributed by atoms with Gasteiger partial charge in [-0.25, -0.2) is 11.6 Å². The molecule has 46 valence electrons. The standard InChI is InChI=1S/C6H7N3/c1-7-5-6-8-3-4-9(6)2/h3-4H,5H2,2H3. The predicted molar refractivity (Wildman–Crippen MR) is 33.5 cm³/mol. The summed E-state index contributed by atoms with van der Waals surface area (Å²) in [5, 5.41) is 0. The van der Waals surface area contributed by atoms with Crippen LogP contribution in [0.4, 0.5) is 0 Å². The van der Waals surface area contributed by atoms with Gasteiger partial charge in [-0.2, -0.15) is 0 Å². The Balaban J connectivity index is 2.84. The first-order chi connectivity index (χ1) is 4.34. The second-order valence-electron chi connectivity index (χ2n) is 1.77. The molecule has 0 atom stereocenters. The molecule has 1 heterocycles. The number of hydrogen-bond acceptors (Lipinski definition) is 1. The van der Waals surface area contributed by atoms with E-state index in [1.54, 1.807) is 6.20 Å². The summed E-state index contributed by atoms with van der Waals surface area (Å²) >= 11 is 0. The van der Waals surface area contributed by atoms with Crippen LogP contribution in [0.1, 0.15) is 5.82 Å². The van der Waals surface area contributed by atoms with Crippen LogP contribution in [0.25, 0.3) is 4.85 Å². The summed E-state index contributed by atoms with van der Waals surface area (Å²) < 4.78 is 1.85. The number of imidazole rings is 1. The van der Waals surface area contributed by atoms with E-state index in [1.165, 1.54) is 0 Å². The first kappa shape index (κ1) is 5.83. The van der Waals surface area contributed by atoms with Crippen molar-refractivity contribution in [3.05, 3.63) is 29.6 Å². The van der Waals surface area contributed by atoms with E-state index in [-0.39, 0.29) is 0 Å². The minimum absolute atomic E-state index is 0.378. The fourth-order valence-electron chi connectivity index (χ4n) is 0.620. The lowest BCUT2D eigenvalue weighted by molar-refractivity contribution is 0.828. The highest BCUT2D eigenvalue weighted by molar-refractivity contribution is 4.93. The predicted octanol–water partition coefficient (Wildman–Crippen LogP) is 0.839. The first-order valence-corrected chi connectivity index (χ1v) is 2.64. The summed E-state index contributed by atoms with van der Waals surface area (Å²) in [7, 11) is 1.88. The third kappa shape index (κ3) is 1.08. The summed E-state index contributed by atoms with van der Waals surface area (Å²) in [4.78, 5) is 7.16. The van der Waals surface area contributed by atoms with E-state index < -0.39 is 0 Å². The normalized spacial score (nSPS) is 8.89. The Bertz CT molecular complexity index is 231. The number of hydrogen-bond donors (Lipinski definition) is 0. The molecule has 3 nitrogen and oxygen atoms in total. The van der Waals surface area contributed by atoms with Crippen molar-refractivity contribution in [3.8, 4) is 0 Å². The van der Waals surface area contributed by atoms with Crippen molar-refractivity contribution in [2.75, 3.05) is 0 Å². The maximum atomic E-state index is 6.55. The van der Waals surface area contributed by atoms with Crippen molar-refractivity contribution in [2.24, 2.45) is 7.05 Å². The van der Waals surface area contributed by atoms with Gasteiger partial charge in [0.1, 0.15) is 0 Å². The Kier molecular flexibility index (Phi) is 1.50. The van der Waals surface area contributed by atoms with E-state index in [0.717, 1.165) is 5.82 Å². The van der Waals surface area contributed by atoms with Crippen molar-refractivity contribution in [1.82, 2.24) is 9.55 Å². The molecule has 1 aromatic heterocycles. The molecule has 0 N–H and O–H groups in total. The Labute approximate surface area is 53.8 Å². The Morgan fingerprint density at radius 3 is 3.11 bits per heavy atom. The molecular weight excluding hydrogens is 114 g/mol. The summed E-state index contributed by atoms with van der Waals surface area (Å²) in [5.74, 6) is 0.824. The van der Waals surface area contributed by atoms with Crippen LogP contribution < -0.4 is 0 Å². The average molecular weight is 121 g/mol. The minimum atomic E-state index is 0.378. The van der Waals surface area contributed by atoms with Crippen LogP contribution in [0.3, 0.4) is 0 Å². The first-order valence-electron chi connectivity index (χ1n) is 2.64. The van der Waals surface area contributed by atoms with Gasteiger partial charge >= 0.3 is 0 Å². The molecule has 0 amide bonds. The topological polar surface area (TPSA) is 22.2 Å². The summed E-state index contributed by atoms with van der Waals surface area (Å²) in [5.41, 5.74) is 0. The van der Waals surface area contributed by atoms with Gasteiger partial charge in [-0.3, -0.25) is 0 Å². The molecule has 0 aliphatic heterocycles. The zero-order valence-electron chi connectivity index (χ0n) is 5.20. The van der Waals surface area contributed by atoms with Crippen LogP contribution in [0, 0.1) is 6.57 Å². The van der Waals surface area contributed by atoms with E-state index in [0.29, 0.717) is 6.54 Å². The number of rotatable bonds is 1. The fourth-order valence-corrected chi connectivity index (χ4v) is 0.620. The van der Waals surface area contributed by atoms with Crippen molar-refractivity contribution >= 4 is 0 Å². The minimum Gasteiger partial charge on any atom is -0.332 e. The molecule has 0 aromatic carbocycles. The highest BCUT2D eigenvalue weighted by Gasteiger charge is 1.97.